The molecular formula is C17H18N2O2S2. The number of fused-ring (bicyclic) bond motifs is 1. The van der Waals surface area contributed by atoms with Gasteiger partial charge in [0.25, 0.3) is 11.8 Å². The van der Waals surface area contributed by atoms with Crippen molar-refractivity contribution >= 4 is 51.4 Å². The molecule has 2 aliphatic rings. The maximum atomic E-state index is 12.8. The van der Waals surface area contributed by atoms with E-state index in [0.717, 1.165) is 24.1 Å². The minimum atomic E-state index is -0.135. The predicted octanol–water partition coefficient (Wildman–Crippen LogP) is 3.42. The van der Waals surface area contributed by atoms with Crippen molar-refractivity contribution in [1.82, 2.24) is 4.90 Å². The molecule has 23 heavy (non-hydrogen) atoms. The third-order valence-electron chi connectivity index (χ3n) is 4.05. The normalized spacial score (nSPS) is 20.7. The summed E-state index contributed by atoms with van der Waals surface area (Å²) in [4.78, 5) is 29.3. The first kappa shape index (κ1) is 16.2. The molecule has 0 unspecified atom stereocenters. The van der Waals surface area contributed by atoms with E-state index in [1.54, 1.807) is 9.80 Å². The Kier molecular flexibility index (Phi) is 4.55. The van der Waals surface area contributed by atoms with Crippen molar-refractivity contribution in [2.24, 2.45) is 0 Å². The first-order valence-corrected chi connectivity index (χ1v) is 9.01. The number of para-hydroxylation sites is 1. The van der Waals surface area contributed by atoms with Crippen LogP contribution in [0.3, 0.4) is 0 Å². The fourth-order valence-corrected chi connectivity index (χ4v) is 4.25. The van der Waals surface area contributed by atoms with Crippen molar-refractivity contribution in [3.63, 3.8) is 0 Å². The highest BCUT2D eigenvalue weighted by Gasteiger charge is 2.41. The summed E-state index contributed by atoms with van der Waals surface area (Å²) in [5.74, 6) is -0.241. The molecular weight excluding hydrogens is 328 g/mol. The van der Waals surface area contributed by atoms with Crippen molar-refractivity contribution in [3.05, 3.63) is 34.7 Å². The average molecular weight is 346 g/mol. The highest BCUT2D eigenvalue weighted by atomic mass is 32.2. The number of carbonyl (C=O) groups is 2. The maximum absolute atomic E-state index is 12.8. The van der Waals surface area contributed by atoms with E-state index in [2.05, 4.69) is 6.92 Å². The number of unbranched alkanes of at least 4 members (excludes halogenated alkanes) is 1. The fraction of sp³-hybridized carbons (Fsp3) is 0.353. The molecule has 2 heterocycles. The van der Waals surface area contributed by atoms with Gasteiger partial charge in [-0.1, -0.05) is 55.5 Å². The van der Waals surface area contributed by atoms with Gasteiger partial charge < -0.3 is 4.90 Å². The number of rotatable bonds is 4. The smallest absolute Gasteiger partial charge is 0.267 e. The number of benzene rings is 1. The lowest BCUT2D eigenvalue weighted by atomic mass is 10.1. The topological polar surface area (TPSA) is 40.6 Å². The third kappa shape index (κ3) is 2.60. The van der Waals surface area contributed by atoms with Crippen LogP contribution in [0, 0.1) is 0 Å². The van der Waals surface area contributed by atoms with Gasteiger partial charge >= 0.3 is 0 Å². The molecule has 6 heteroatoms. The number of thiocarbonyl (C=S) groups is 1. The first-order chi connectivity index (χ1) is 11.1. The maximum Gasteiger partial charge on any atom is 0.267 e. The van der Waals surface area contributed by atoms with E-state index in [9.17, 15) is 9.59 Å². The zero-order chi connectivity index (χ0) is 16.6. The zero-order valence-corrected chi connectivity index (χ0v) is 14.8. The molecule has 2 aliphatic heterocycles. The molecule has 0 aliphatic carbocycles. The molecule has 1 saturated heterocycles. The van der Waals surface area contributed by atoms with Crippen molar-refractivity contribution in [3.8, 4) is 0 Å². The zero-order valence-electron chi connectivity index (χ0n) is 13.2. The lowest BCUT2D eigenvalue weighted by molar-refractivity contribution is -0.122. The van der Waals surface area contributed by atoms with Gasteiger partial charge in [-0.25, -0.2) is 0 Å². The van der Waals surface area contributed by atoms with E-state index in [1.807, 2.05) is 31.2 Å². The van der Waals surface area contributed by atoms with Gasteiger partial charge in [0.05, 0.1) is 16.2 Å². The van der Waals surface area contributed by atoms with Gasteiger partial charge in [0, 0.05) is 18.7 Å². The Bertz CT molecular complexity index is 727. The Morgan fingerprint density at radius 1 is 1.09 bits per heavy atom. The number of hydrogen-bond acceptors (Lipinski definition) is 4. The highest BCUT2D eigenvalue weighted by molar-refractivity contribution is 8.26. The standard InChI is InChI=1S/C17H18N2O2S2/c1-3-5-10-19-16(21)14(23-17(19)22)13-11-8-6-7-9-12(11)18(4-2)15(13)20/h6-9H,3-5,10H2,1-2H3/b14-13+. The summed E-state index contributed by atoms with van der Waals surface area (Å²) < 4.78 is 0.547. The number of anilines is 1. The van der Waals surface area contributed by atoms with Crippen LogP contribution < -0.4 is 4.90 Å². The van der Waals surface area contributed by atoms with E-state index in [-0.39, 0.29) is 11.8 Å². The van der Waals surface area contributed by atoms with Crippen LogP contribution >= 0.6 is 24.0 Å². The number of nitrogens with zero attached hydrogens (tertiary/aromatic N) is 2. The van der Waals surface area contributed by atoms with Gasteiger partial charge in [-0.15, -0.1) is 0 Å². The molecule has 120 valence electrons. The first-order valence-electron chi connectivity index (χ1n) is 7.79. The van der Waals surface area contributed by atoms with Gasteiger partial charge in [-0.3, -0.25) is 14.5 Å². The van der Waals surface area contributed by atoms with Crippen molar-refractivity contribution in [2.75, 3.05) is 18.0 Å². The lowest BCUT2D eigenvalue weighted by Crippen LogP contribution is -2.30. The summed E-state index contributed by atoms with van der Waals surface area (Å²) in [5.41, 5.74) is 2.20. The molecule has 0 bridgehead atoms. The second-order valence-corrected chi connectivity index (χ2v) is 7.09. The fourth-order valence-electron chi connectivity index (χ4n) is 2.87. The number of hydrogen-bond donors (Lipinski definition) is 0. The lowest BCUT2D eigenvalue weighted by Gasteiger charge is -2.14. The van der Waals surface area contributed by atoms with Crippen LogP contribution in [0.1, 0.15) is 32.3 Å². The van der Waals surface area contributed by atoms with Crippen LogP contribution in [-0.4, -0.2) is 34.1 Å². The molecule has 0 N–H and O–H groups in total. The SMILES string of the molecule is CCCCN1C(=O)/C(=C2\C(=O)N(CC)c3ccccc32)SC1=S. The van der Waals surface area contributed by atoms with Gasteiger partial charge in [-0.05, 0) is 19.4 Å². The number of likely N-dealkylation sites (N-methyl/N-ethyl adjacent to an activating group) is 1. The van der Waals surface area contributed by atoms with Gasteiger partial charge in [0.2, 0.25) is 0 Å². The number of amides is 2. The molecule has 1 aromatic rings. The van der Waals surface area contributed by atoms with E-state index in [4.69, 9.17) is 12.2 Å². The molecule has 0 spiro atoms. The summed E-state index contributed by atoms with van der Waals surface area (Å²) >= 11 is 6.60. The van der Waals surface area contributed by atoms with Crippen LogP contribution in [0.25, 0.3) is 5.57 Å². The molecule has 0 aromatic heterocycles. The summed E-state index contributed by atoms with van der Waals surface area (Å²) in [7, 11) is 0. The largest absolute Gasteiger partial charge is 0.308 e. The second-order valence-electron chi connectivity index (χ2n) is 5.45. The molecule has 0 atom stereocenters. The minimum Gasteiger partial charge on any atom is -0.308 e. The monoisotopic (exact) mass is 346 g/mol. The predicted molar refractivity (Wildman–Crippen MR) is 98.2 cm³/mol. The quantitative estimate of drug-likeness (QED) is 0.619. The Hall–Kier alpha value is -1.66. The molecule has 0 saturated carbocycles. The van der Waals surface area contributed by atoms with Gasteiger partial charge in [-0.2, -0.15) is 0 Å². The van der Waals surface area contributed by atoms with Crippen LogP contribution in [0.2, 0.25) is 0 Å². The molecule has 4 nitrogen and oxygen atoms in total. The minimum absolute atomic E-state index is 0.107. The van der Waals surface area contributed by atoms with E-state index >= 15 is 0 Å². The second kappa shape index (κ2) is 6.45. The van der Waals surface area contributed by atoms with Crippen molar-refractivity contribution in [2.45, 2.75) is 26.7 Å². The highest BCUT2D eigenvalue weighted by Crippen LogP contribution is 2.44. The van der Waals surface area contributed by atoms with Gasteiger partial charge in [0.15, 0.2) is 0 Å². The Labute approximate surface area is 145 Å². The molecule has 1 fully saturated rings. The van der Waals surface area contributed by atoms with Crippen LogP contribution in [0.15, 0.2) is 29.2 Å². The molecule has 2 amide bonds. The number of carbonyl (C=O) groups excluding carboxylic acids is 2. The third-order valence-corrected chi connectivity index (χ3v) is 5.50. The molecule has 0 radical (unpaired) electrons. The summed E-state index contributed by atoms with van der Waals surface area (Å²) in [6.45, 7) is 5.21. The van der Waals surface area contributed by atoms with Crippen molar-refractivity contribution in [1.29, 1.82) is 0 Å². The van der Waals surface area contributed by atoms with Gasteiger partial charge in [0.1, 0.15) is 4.32 Å². The van der Waals surface area contributed by atoms with E-state index in [1.165, 1.54) is 11.8 Å². The van der Waals surface area contributed by atoms with Crippen LogP contribution in [0.5, 0.6) is 0 Å². The summed E-state index contributed by atoms with van der Waals surface area (Å²) in [6, 6.07) is 7.62. The summed E-state index contributed by atoms with van der Waals surface area (Å²) in [5, 5.41) is 0. The Balaban J connectivity index is 2.07. The average Bonchev–Trinajstić information content (AvgIpc) is 2.98. The van der Waals surface area contributed by atoms with E-state index < -0.39 is 0 Å². The van der Waals surface area contributed by atoms with E-state index in [0.29, 0.717) is 27.9 Å². The Morgan fingerprint density at radius 3 is 2.52 bits per heavy atom. The van der Waals surface area contributed by atoms with Crippen molar-refractivity contribution < 1.29 is 9.59 Å². The van der Waals surface area contributed by atoms with Crippen LogP contribution in [0.4, 0.5) is 5.69 Å². The number of thioether (sulfide) groups is 1. The summed E-state index contributed by atoms with van der Waals surface area (Å²) in [6.07, 6.45) is 1.90. The molecule has 1 aromatic carbocycles. The van der Waals surface area contributed by atoms with Crippen LogP contribution in [-0.2, 0) is 9.59 Å². The Morgan fingerprint density at radius 2 is 1.83 bits per heavy atom. The molecule has 3 rings (SSSR count).